The normalized spacial score (nSPS) is 21.8. The van der Waals surface area contributed by atoms with Crippen LogP contribution < -0.4 is 10.1 Å². The lowest BCUT2D eigenvalue weighted by atomic mass is 10.1. The van der Waals surface area contributed by atoms with Crippen LogP contribution in [-0.4, -0.2) is 43.1 Å². The molecule has 1 aromatic rings. The van der Waals surface area contributed by atoms with Crippen LogP contribution in [0.15, 0.2) is 29.3 Å². The highest BCUT2D eigenvalue weighted by atomic mass is 16.5. The highest BCUT2D eigenvalue weighted by Crippen LogP contribution is 2.28. The lowest BCUT2D eigenvalue weighted by Gasteiger charge is -2.21. The molecule has 0 bridgehead atoms. The van der Waals surface area contributed by atoms with E-state index in [1.54, 1.807) is 0 Å². The summed E-state index contributed by atoms with van der Waals surface area (Å²) < 4.78 is 5.94. The Morgan fingerprint density at radius 3 is 2.90 bits per heavy atom. The van der Waals surface area contributed by atoms with Gasteiger partial charge in [0, 0.05) is 26.1 Å². The highest BCUT2D eigenvalue weighted by molar-refractivity contribution is 5.80. The van der Waals surface area contributed by atoms with E-state index in [4.69, 9.17) is 9.73 Å². The van der Waals surface area contributed by atoms with E-state index in [1.807, 2.05) is 12.1 Å². The molecule has 0 radical (unpaired) electrons. The maximum Gasteiger partial charge on any atom is 0.194 e. The van der Waals surface area contributed by atoms with Crippen molar-refractivity contribution >= 4 is 5.96 Å². The van der Waals surface area contributed by atoms with E-state index in [0.717, 1.165) is 44.3 Å². The van der Waals surface area contributed by atoms with Gasteiger partial charge < -0.3 is 15.0 Å². The number of hydrogen-bond donors (Lipinski definition) is 1. The Morgan fingerprint density at radius 2 is 2.15 bits per heavy atom. The molecule has 2 heterocycles. The van der Waals surface area contributed by atoms with Crippen LogP contribution in [0.25, 0.3) is 0 Å². The fraction of sp³-hybridized carbons (Fsp3) is 0.562. The second kappa shape index (κ2) is 6.16. The van der Waals surface area contributed by atoms with Crippen LogP contribution in [0.2, 0.25) is 0 Å². The minimum atomic E-state index is 0.184. The highest BCUT2D eigenvalue weighted by Gasteiger charge is 2.23. The van der Waals surface area contributed by atoms with Crippen LogP contribution in [-0.2, 0) is 6.42 Å². The first-order chi connectivity index (χ1) is 9.86. The first kappa shape index (κ1) is 13.3. The van der Waals surface area contributed by atoms with Crippen LogP contribution in [0.3, 0.4) is 0 Å². The number of nitrogens with zero attached hydrogens (tertiary/aromatic N) is 2. The summed E-state index contributed by atoms with van der Waals surface area (Å²) in [5.74, 6) is 2.07. The quantitative estimate of drug-likeness (QED) is 0.676. The molecule has 1 aromatic carbocycles. The van der Waals surface area contributed by atoms with Gasteiger partial charge in [-0.2, -0.15) is 0 Å². The van der Waals surface area contributed by atoms with Crippen molar-refractivity contribution in [3.8, 4) is 5.75 Å². The molecule has 3 rings (SSSR count). The predicted molar refractivity (Wildman–Crippen MR) is 81.3 cm³/mol. The summed E-state index contributed by atoms with van der Waals surface area (Å²) in [7, 11) is 0. The van der Waals surface area contributed by atoms with Gasteiger partial charge in [-0.25, -0.2) is 4.99 Å². The van der Waals surface area contributed by atoms with Crippen molar-refractivity contribution in [2.24, 2.45) is 4.99 Å². The van der Waals surface area contributed by atoms with Gasteiger partial charge in [-0.3, -0.25) is 0 Å². The molecule has 1 saturated heterocycles. The fourth-order valence-corrected chi connectivity index (χ4v) is 2.90. The minimum Gasteiger partial charge on any atom is -0.488 e. The number of fused-ring (bicyclic) bond motifs is 1. The van der Waals surface area contributed by atoms with Crippen molar-refractivity contribution < 1.29 is 4.74 Å². The molecular formula is C16H23N3O. The number of hydrogen-bond acceptors (Lipinski definition) is 2. The summed E-state index contributed by atoms with van der Waals surface area (Å²) in [6, 6.07) is 8.29. The first-order valence-corrected chi connectivity index (χ1v) is 7.64. The molecule has 1 unspecified atom stereocenters. The molecule has 0 aliphatic carbocycles. The minimum absolute atomic E-state index is 0.184. The molecule has 20 heavy (non-hydrogen) atoms. The zero-order valence-electron chi connectivity index (χ0n) is 12.1. The van der Waals surface area contributed by atoms with Crippen molar-refractivity contribution in [2.45, 2.75) is 32.3 Å². The lowest BCUT2D eigenvalue weighted by molar-refractivity contribution is 0.241. The Morgan fingerprint density at radius 1 is 1.35 bits per heavy atom. The maximum atomic E-state index is 5.94. The van der Waals surface area contributed by atoms with E-state index in [2.05, 4.69) is 29.3 Å². The van der Waals surface area contributed by atoms with Gasteiger partial charge in [0.25, 0.3) is 0 Å². The fourth-order valence-electron chi connectivity index (χ4n) is 2.90. The number of nitrogens with one attached hydrogen (secondary N) is 1. The van der Waals surface area contributed by atoms with E-state index in [0.29, 0.717) is 0 Å². The smallest absolute Gasteiger partial charge is 0.194 e. The Hall–Kier alpha value is -1.71. The summed E-state index contributed by atoms with van der Waals surface area (Å²) in [5.41, 5.74) is 1.30. The third-order valence-corrected chi connectivity index (χ3v) is 3.90. The summed E-state index contributed by atoms with van der Waals surface area (Å²) in [5, 5.41) is 3.39. The third-order valence-electron chi connectivity index (χ3n) is 3.90. The summed E-state index contributed by atoms with van der Waals surface area (Å²) in [6.07, 6.45) is 3.70. The lowest BCUT2D eigenvalue weighted by Crippen LogP contribution is -2.40. The Labute approximate surface area is 120 Å². The van der Waals surface area contributed by atoms with Crippen LogP contribution in [0.5, 0.6) is 5.75 Å². The number of benzene rings is 1. The van der Waals surface area contributed by atoms with Crippen molar-refractivity contribution in [1.29, 1.82) is 0 Å². The summed E-state index contributed by atoms with van der Waals surface area (Å²) in [6.45, 7) is 6.01. The van der Waals surface area contributed by atoms with Gasteiger partial charge >= 0.3 is 0 Å². The van der Waals surface area contributed by atoms with Crippen molar-refractivity contribution in [3.05, 3.63) is 29.8 Å². The number of para-hydroxylation sites is 1. The van der Waals surface area contributed by atoms with Gasteiger partial charge in [0.1, 0.15) is 11.9 Å². The van der Waals surface area contributed by atoms with Gasteiger partial charge in [0.2, 0.25) is 0 Å². The largest absolute Gasteiger partial charge is 0.488 e. The molecule has 4 nitrogen and oxygen atoms in total. The zero-order chi connectivity index (χ0) is 13.8. The van der Waals surface area contributed by atoms with Crippen LogP contribution in [0.1, 0.15) is 25.3 Å². The van der Waals surface area contributed by atoms with Gasteiger partial charge in [-0.05, 0) is 31.4 Å². The number of guanidine groups is 1. The molecule has 0 saturated carbocycles. The molecule has 108 valence electrons. The summed E-state index contributed by atoms with van der Waals surface area (Å²) in [4.78, 5) is 7.12. The zero-order valence-corrected chi connectivity index (χ0v) is 12.1. The number of aliphatic imine (C=N–C) groups is 1. The van der Waals surface area contributed by atoms with E-state index >= 15 is 0 Å². The van der Waals surface area contributed by atoms with Crippen LogP contribution in [0, 0.1) is 0 Å². The van der Waals surface area contributed by atoms with E-state index in [9.17, 15) is 0 Å². The van der Waals surface area contributed by atoms with Crippen molar-refractivity contribution in [1.82, 2.24) is 10.2 Å². The second-order valence-corrected chi connectivity index (χ2v) is 5.44. The molecule has 1 atom stereocenters. The van der Waals surface area contributed by atoms with E-state index in [1.165, 1.54) is 18.4 Å². The molecule has 2 aliphatic heterocycles. The molecule has 0 amide bonds. The molecule has 0 spiro atoms. The molecule has 4 heteroatoms. The molecule has 1 fully saturated rings. The van der Waals surface area contributed by atoms with Crippen LogP contribution in [0.4, 0.5) is 0 Å². The van der Waals surface area contributed by atoms with Gasteiger partial charge in [-0.1, -0.05) is 18.2 Å². The van der Waals surface area contributed by atoms with Gasteiger partial charge in [0.15, 0.2) is 5.96 Å². The SMILES string of the molecule is CCNC(=NCC1Cc2ccccc2O1)N1CCCC1. The second-order valence-electron chi connectivity index (χ2n) is 5.44. The molecule has 2 aliphatic rings. The third kappa shape index (κ3) is 2.89. The van der Waals surface area contributed by atoms with E-state index < -0.39 is 0 Å². The summed E-state index contributed by atoms with van der Waals surface area (Å²) >= 11 is 0. The number of ether oxygens (including phenoxy) is 1. The average Bonchev–Trinajstić information content (AvgIpc) is 3.12. The number of rotatable bonds is 3. The van der Waals surface area contributed by atoms with Gasteiger partial charge in [0.05, 0.1) is 6.54 Å². The van der Waals surface area contributed by atoms with Crippen molar-refractivity contribution in [2.75, 3.05) is 26.2 Å². The van der Waals surface area contributed by atoms with Gasteiger partial charge in [-0.15, -0.1) is 0 Å². The standard InChI is InChI=1S/C16H23N3O/c1-2-17-16(19-9-5-6-10-19)18-12-14-11-13-7-3-4-8-15(13)20-14/h3-4,7-8,14H,2,5-6,9-12H2,1H3,(H,17,18). The molecule has 0 aromatic heterocycles. The Balaban J connectivity index is 1.61. The Bertz CT molecular complexity index is 455. The van der Waals surface area contributed by atoms with Crippen LogP contribution >= 0.6 is 0 Å². The predicted octanol–water partition coefficient (Wildman–Crippen LogP) is 2.05. The van der Waals surface area contributed by atoms with Crippen molar-refractivity contribution in [3.63, 3.8) is 0 Å². The molecule has 1 N–H and O–H groups in total. The first-order valence-electron chi connectivity index (χ1n) is 7.64. The number of likely N-dealkylation sites (tertiary alicyclic amines) is 1. The monoisotopic (exact) mass is 273 g/mol. The average molecular weight is 273 g/mol. The Kier molecular flexibility index (Phi) is 4.09. The van der Waals surface area contributed by atoms with E-state index in [-0.39, 0.29) is 6.10 Å². The topological polar surface area (TPSA) is 36.9 Å². The maximum absolute atomic E-state index is 5.94. The molecular weight excluding hydrogens is 250 g/mol.